The highest BCUT2D eigenvalue weighted by molar-refractivity contribution is 6.21. The Morgan fingerprint density at radius 2 is 1.58 bits per heavy atom. The first kappa shape index (κ1) is 22.0. The van der Waals surface area contributed by atoms with E-state index < -0.39 is 16.2 Å². The number of allylic oxidation sites excluding steroid dienone is 2. The highest BCUT2D eigenvalue weighted by atomic mass is 16.5. The molecule has 5 rings (SSSR count). The number of carbonyl (C=O) groups is 4. The monoisotopic (exact) mass is 428 g/mol. The number of ketones is 2. The zero-order chi connectivity index (χ0) is 22.8. The summed E-state index contributed by atoms with van der Waals surface area (Å²) in [6.45, 7) is 13.4. The molecule has 1 spiro atoms. The highest BCUT2D eigenvalue weighted by Gasteiger charge is 2.73. The number of carbonyl (C=O) groups excluding carboxylic acids is 4. The van der Waals surface area contributed by atoms with Gasteiger partial charge in [-0.05, 0) is 55.1 Å². The fraction of sp³-hybridized carbons (Fsp3) is 0.680. The molecular weight excluding hydrogens is 396 g/mol. The normalized spacial score (nSPS) is 41.5. The molecule has 0 aromatic rings. The molecule has 0 amide bonds. The molecule has 5 aliphatic carbocycles. The highest BCUT2D eigenvalue weighted by Crippen LogP contribution is 2.71. The second-order valence-corrected chi connectivity index (χ2v) is 10.4. The fourth-order valence-corrected chi connectivity index (χ4v) is 7.62. The number of hydrogen-bond donors (Lipinski definition) is 0. The van der Waals surface area contributed by atoms with E-state index in [-0.39, 0.29) is 54.5 Å². The van der Waals surface area contributed by atoms with Crippen molar-refractivity contribution < 1.29 is 28.7 Å². The minimum absolute atomic E-state index is 0.0649. The van der Waals surface area contributed by atoms with E-state index in [2.05, 4.69) is 13.2 Å². The Labute approximate surface area is 183 Å². The molecule has 6 nitrogen and oxygen atoms in total. The van der Waals surface area contributed by atoms with Gasteiger partial charge in [-0.25, -0.2) is 0 Å². The maximum Gasteiger partial charge on any atom is 0.302 e. The van der Waals surface area contributed by atoms with Crippen molar-refractivity contribution in [3.8, 4) is 0 Å². The van der Waals surface area contributed by atoms with Gasteiger partial charge in [0.2, 0.25) is 0 Å². The lowest BCUT2D eigenvalue weighted by atomic mass is 9.35. The van der Waals surface area contributed by atoms with Gasteiger partial charge in [0, 0.05) is 30.6 Å². The largest absolute Gasteiger partial charge is 0.465 e. The Morgan fingerprint density at radius 3 is 2.23 bits per heavy atom. The molecule has 6 atom stereocenters. The van der Waals surface area contributed by atoms with Gasteiger partial charge in [-0.15, -0.1) is 0 Å². The summed E-state index contributed by atoms with van der Waals surface area (Å²) in [6.07, 6.45) is 4.33. The maximum atomic E-state index is 13.9. The number of esters is 2. The van der Waals surface area contributed by atoms with Crippen LogP contribution in [-0.2, 0) is 28.7 Å². The van der Waals surface area contributed by atoms with Crippen molar-refractivity contribution in [2.75, 3.05) is 13.2 Å². The second kappa shape index (κ2) is 7.14. The molecule has 2 unspecified atom stereocenters. The Hall–Kier alpha value is -2.24. The summed E-state index contributed by atoms with van der Waals surface area (Å²) in [5.41, 5.74) is -1.27. The Balaban J connectivity index is 1.87. The molecule has 0 heterocycles. The van der Waals surface area contributed by atoms with E-state index in [0.29, 0.717) is 24.0 Å². The summed E-state index contributed by atoms with van der Waals surface area (Å²) < 4.78 is 11.1. The number of fused-ring (bicyclic) bond motifs is 3. The molecule has 0 radical (unpaired) electrons. The minimum atomic E-state index is -1.14. The molecule has 6 heteroatoms. The molecule has 5 saturated carbocycles. The smallest absolute Gasteiger partial charge is 0.302 e. The molecular formula is C25H32O6. The van der Waals surface area contributed by atoms with Gasteiger partial charge >= 0.3 is 11.9 Å². The lowest BCUT2D eigenvalue weighted by Gasteiger charge is -2.67. The second-order valence-electron chi connectivity index (χ2n) is 10.4. The zero-order valence-corrected chi connectivity index (χ0v) is 18.8. The average Bonchev–Trinajstić information content (AvgIpc) is 2.72. The van der Waals surface area contributed by atoms with Crippen LogP contribution in [0.2, 0.25) is 0 Å². The van der Waals surface area contributed by atoms with Crippen LogP contribution in [0.1, 0.15) is 59.3 Å². The molecule has 0 aliphatic heterocycles. The summed E-state index contributed by atoms with van der Waals surface area (Å²) in [6, 6.07) is 0. The number of hydrogen-bond acceptors (Lipinski definition) is 6. The molecule has 0 aromatic carbocycles. The molecule has 2 bridgehead atoms. The van der Waals surface area contributed by atoms with E-state index in [9.17, 15) is 19.2 Å². The van der Waals surface area contributed by atoms with Gasteiger partial charge < -0.3 is 9.47 Å². The Kier molecular flexibility index (Phi) is 5.06. The number of Topliss-reactive ketones (excluding diaryl/α,β-unsaturated/α-hetero) is 2. The van der Waals surface area contributed by atoms with Crippen LogP contribution in [0.15, 0.2) is 24.3 Å². The van der Waals surface area contributed by atoms with Crippen LogP contribution in [0.5, 0.6) is 0 Å². The number of ether oxygens (including phenoxy) is 2. The van der Waals surface area contributed by atoms with Crippen molar-refractivity contribution >= 4 is 23.5 Å². The third-order valence-corrected chi connectivity index (χ3v) is 8.74. The summed E-state index contributed by atoms with van der Waals surface area (Å²) in [4.78, 5) is 50.8. The SMILES string of the molecule is C=C1C(=O)[C@@]23CC[C@@H](CC2[C@]2(COC(C)=O)CCC[C@@](C)(COC(C)=O)C12)C(=C)C3=O. The van der Waals surface area contributed by atoms with Crippen LogP contribution >= 0.6 is 0 Å². The van der Waals surface area contributed by atoms with E-state index in [4.69, 9.17) is 9.47 Å². The molecule has 0 saturated heterocycles. The fourth-order valence-electron chi connectivity index (χ4n) is 7.62. The minimum Gasteiger partial charge on any atom is -0.465 e. The van der Waals surface area contributed by atoms with E-state index in [1.807, 2.05) is 6.92 Å². The van der Waals surface area contributed by atoms with Crippen molar-refractivity contribution in [2.24, 2.45) is 34.0 Å². The Morgan fingerprint density at radius 1 is 0.968 bits per heavy atom. The summed E-state index contributed by atoms with van der Waals surface area (Å²) in [5, 5.41) is 0. The lowest BCUT2D eigenvalue weighted by molar-refractivity contribution is -0.195. The first-order valence-electron chi connectivity index (χ1n) is 11.2. The Bertz CT molecular complexity index is 902. The predicted molar refractivity (Wildman–Crippen MR) is 113 cm³/mol. The molecule has 5 aliphatic rings. The van der Waals surface area contributed by atoms with Crippen molar-refractivity contribution in [3.05, 3.63) is 24.3 Å². The first-order valence-corrected chi connectivity index (χ1v) is 11.2. The van der Waals surface area contributed by atoms with Crippen molar-refractivity contribution in [2.45, 2.75) is 59.3 Å². The maximum absolute atomic E-state index is 13.9. The topological polar surface area (TPSA) is 86.7 Å². The van der Waals surface area contributed by atoms with E-state index in [1.165, 1.54) is 13.8 Å². The van der Waals surface area contributed by atoms with Gasteiger partial charge in [0.05, 0.1) is 18.6 Å². The average molecular weight is 429 g/mol. The van der Waals surface area contributed by atoms with Crippen molar-refractivity contribution in [1.29, 1.82) is 0 Å². The van der Waals surface area contributed by atoms with E-state index in [0.717, 1.165) is 25.7 Å². The summed E-state index contributed by atoms with van der Waals surface area (Å²) in [5.74, 6) is -1.55. The van der Waals surface area contributed by atoms with Crippen molar-refractivity contribution in [1.82, 2.24) is 0 Å². The van der Waals surface area contributed by atoms with Crippen LogP contribution in [0.4, 0.5) is 0 Å². The van der Waals surface area contributed by atoms with Crippen LogP contribution in [-0.4, -0.2) is 36.7 Å². The third-order valence-electron chi connectivity index (χ3n) is 8.74. The molecule has 0 aromatic heterocycles. The van der Waals surface area contributed by atoms with Gasteiger partial charge in [0.1, 0.15) is 0 Å². The van der Waals surface area contributed by atoms with Crippen LogP contribution in [0, 0.1) is 34.0 Å². The molecule has 31 heavy (non-hydrogen) atoms. The lowest BCUT2D eigenvalue weighted by Crippen LogP contribution is -2.69. The molecule has 5 fully saturated rings. The first-order chi connectivity index (χ1) is 14.5. The van der Waals surface area contributed by atoms with E-state index in [1.54, 1.807) is 0 Å². The standard InChI is InChI=1S/C25H32O6/c1-14-18-7-10-25(21(14)28)19(11-18)24(13-31-17(4)27)9-6-8-23(5,12-30-16(3)26)20(24)15(2)22(25)29/h18-20H,1-2,6-13H2,3-5H3/t18-,19?,20?,23-,24+,25-/m0/s1. The van der Waals surface area contributed by atoms with Crippen LogP contribution in [0.25, 0.3) is 0 Å². The quantitative estimate of drug-likeness (QED) is 0.386. The predicted octanol–water partition coefficient (Wildman–Crippen LogP) is 3.59. The van der Waals surface area contributed by atoms with Gasteiger partial charge in [0.15, 0.2) is 11.6 Å². The summed E-state index contributed by atoms with van der Waals surface area (Å²) >= 11 is 0. The van der Waals surface area contributed by atoms with E-state index >= 15 is 0 Å². The van der Waals surface area contributed by atoms with Crippen molar-refractivity contribution in [3.63, 3.8) is 0 Å². The van der Waals surface area contributed by atoms with Gasteiger partial charge in [-0.1, -0.05) is 26.5 Å². The van der Waals surface area contributed by atoms with Crippen LogP contribution in [0.3, 0.4) is 0 Å². The van der Waals surface area contributed by atoms with Gasteiger partial charge in [-0.2, -0.15) is 0 Å². The third kappa shape index (κ3) is 2.90. The number of rotatable bonds is 4. The molecule has 0 N–H and O–H groups in total. The zero-order valence-electron chi connectivity index (χ0n) is 18.8. The van der Waals surface area contributed by atoms with Crippen LogP contribution < -0.4 is 0 Å². The molecule has 168 valence electrons. The van der Waals surface area contributed by atoms with Gasteiger partial charge in [-0.3, -0.25) is 19.2 Å². The summed E-state index contributed by atoms with van der Waals surface area (Å²) in [7, 11) is 0. The van der Waals surface area contributed by atoms with Gasteiger partial charge in [0.25, 0.3) is 0 Å².